The van der Waals surface area contributed by atoms with Crippen molar-refractivity contribution in [3.05, 3.63) is 76.9 Å². The monoisotopic (exact) mass is 344 g/mol. The topological polar surface area (TPSA) is 9.23 Å². The minimum atomic E-state index is 0.0426. The molecular formula is C22H29ClO. The van der Waals surface area contributed by atoms with Crippen molar-refractivity contribution in [2.24, 2.45) is 0 Å². The molecule has 24 heavy (non-hydrogen) atoms. The number of ether oxygens (including phenoxy) is 1. The van der Waals surface area contributed by atoms with Crippen LogP contribution in [0.15, 0.2) is 65.8 Å². The van der Waals surface area contributed by atoms with Gasteiger partial charge in [-0.05, 0) is 62.5 Å². The normalized spacial score (nSPS) is 15.5. The zero-order valence-corrected chi connectivity index (χ0v) is 16.2. The van der Waals surface area contributed by atoms with Crippen molar-refractivity contribution in [2.75, 3.05) is 0 Å². The lowest BCUT2D eigenvalue weighted by molar-refractivity contribution is 0.268. The molecule has 2 heteroatoms. The zero-order chi connectivity index (χ0) is 17.9. The predicted molar refractivity (Wildman–Crippen MR) is 107 cm³/mol. The van der Waals surface area contributed by atoms with Crippen LogP contribution in [0.3, 0.4) is 0 Å². The highest BCUT2D eigenvalue weighted by Crippen LogP contribution is 2.26. The molecule has 2 unspecified atom stereocenters. The molecule has 0 heterocycles. The minimum Gasteiger partial charge on any atom is -0.486 e. The highest BCUT2D eigenvalue weighted by Gasteiger charge is 2.07. The molecule has 0 radical (unpaired) electrons. The molecule has 0 fully saturated rings. The van der Waals surface area contributed by atoms with Crippen LogP contribution in [-0.2, 0) is 0 Å². The van der Waals surface area contributed by atoms with Crippen molar-refractivity contribution in [3.63, 3.8) is 0 Å². The Balaban J connectivity index is 2.78. The molecule has 1 aromatic carbocycles. The van der Waals surface area contributed by atoms with E-state index in [1.165, 1.54) is 5.56 Å². The third kappa shape index (κ3) is 7.23. The summed E-state index contributed by atoms with van der Waals surface area (Å²) in [5, 5.41) is 0.794. The SMILES string of the molecule is C/C=C\C=C/C(C)Oc1ccc(C(C)/C=C\C(Cl)=C/CC)cc1C. The third-order valence-electron chi connectivity index (χ3n) is 3.67. The molecule has 0 aromatic heterocycles. The highest BCUT2D eigenvalue weighted by atomic mass is 35.5. The van der Waals surface area contributed by atoms with Crippen molar-refractivity contribution in [3.8, 4) is 5.75 Å². The molecule has 0 amide bonds. The number of benzene rings is 1. The van der Waals surface area contributed by atoms with Gasteiger partial charge in [0.25, 0.3) is 0 Å². The lowest BCUT2D eigenvalue weighted by Crippen LogP contribution is -2.09. The van der Waals surface area contributed by atoms with Gasteiger partial charge in [0.15, 0.2) is 0 Å². The first-order valence-electron chi connectivity index (χ1n) is 8.58. The highest BCUT2D eigenvalue weighted by molar-refractivity contribution is 6.31. The second-order valence-corrected chi connectivity index (χ2v) is 6.34. The van der Waals surface area contributed by atoms with Gasteiger partial charge in [-0.15, -0.1) is 0 Å². The van der Waals surface area contributed by atoms with Gasteiger partial charge in [-0.2, -0.15) is 0 Å². The van der Waals surface area contributed by atoms with Crippen molar-refractivity contribution in [1.29, 1.82) is 0 Å². The molecule has 0 aliphatic carbocycles. The first-order chi connectivity index (χ1) is 11.5. The first kappa shape index (κ1) is 20.3. The molecule has 0 saturated heterocycles. The maximum Gasteiger partial charge on any atom is 0.123 e. The van der Waals surface area contributed by atoms with Gasteiger partial charge in [0, 0.05) is 5.03 Å². The predicted octanol–water partition coefficient (Wildman–Crippen LogP) is 7.09. The van der Waals surface area contributed by atoms with Crippen LogP contribution in [0.2, 0.25) is 0 Å². The Kier molecular flexibility index (Phi) is 9.26. The van der Waals surface area contributed by atoms with Crippen LogP contribution in [0.5, 0.6) is 5.75 Å². The largest absolute Gasteiger partial charge is 0.486 e. The van der Waals surface area contributed by atoms with Crippen molar-refractivity contribution in [1.82, 2.24) is 0 Å². The number of rotatable bonds is 8. The van der Waals surface area contributed by atoms with E-state index in [9.17, 15) is 0 Å². The van der Waals surface area contributed by atoms with Gasteiger partial charge in [-0.1, -0.05) is 68.0 Å². The molecule has 0 aliphatic heterocycles. The molecule has 0 saturated carbocycles. The maximum atomic E-state index is 6.12. The van der Waals surface area contributed by atoms with Crippen LogP contribution < -0.4 is 4.74 Å². The third-order valence-corrected chi connectivity index (χ3v) is 3.95. The number of hydrogen-bond acceptors (Lipinski definition) is 1. The summed E-state index contributed by atoms with van der Waals surface area (Å²) in [6.07, 6.45) is 15.2. The first-order valence-corrected chi connectivity index (χ1v) is 8.96. The van der Waals surface area contributed by atoms with E-state index in [0.717, 1.165) is 22.8 Å². The average Bonchev–Trinajstić information content (AvgIpc) is 2.55. The lowest BCUT2D eigenvalue weighted by Gasteiger charge is -2.15. The van der Waals surface area contributed by atoms with Gasteiger partial charge in [0.2, 0.25) is 0 Å². The van der Waals surface area contributed by atoms with E-state index >= 15 is 0 Å². The van der Waals surface area contributed by atoms with Gasteiger partial charge >= 0.3 is 0 Å². The zero-order valence-electron chi connectivity index (χ0n) is 15.4. The Labute approximate surface area is 152 Å². The van der Waals surface area contributed by atoms with Gasteiger partial charge in [0.1, 0.15) is 11.9 Å². The van der Waals surface area contributed by atoms with Crippen LogP contribution in [0.4, 0.5) is 0 Å². The van der Waals surface area contributed by atoms with Crippen LogP contribution in [0, 0.1) is 6.92 Å². The maximum absolute atomic E-state index is 6.12. The summed E-state index contributed by atoms with van der Waals surface area (Å²) in [6.45, 7) is 10.4. The van der Waals surface area contributed by atoms with E-state index in [0.29, 0.717) is 5.92 Å². The molecule has 2 atom stereocenters. The summed E-state index contributed by atoms with van der Waals surface area (Å²) in [6, 6.07) is 6.36. The fourth-order valence-corrected chi connectivity index (χ4v) is 2.50. The van der Waals surface area contributed by atoms with Crippen LogP contribution in [-0.4, -0.2) is 6.10 Å². The van der Waals surface area contributed by atoms with Crippen molar-refractivity contribution < 1.29 is 4.74 Å². The molecule has 1 nitrogen and oxygen atoms in total. The molecule has 0 aliphatic rings. The molecule has 130 valence electrons. The van der Waals surface area contributed by atoms with E-state index in [4.69, 9.17) is 16.3 Å². The minimum absolute atomic E-state index is 0.0426. The van der Waals surface area contributed by atoms with Gasteiger partial charge in [-0.25, -0.2) is 0 Å². The Morgan fingerprint density at radius 1 is 1.21 bits per heavy atom. The average molecular weight is 345 g/mol. The molecule has 0 spiro atoms. The smallest absolute Gasteiger partial charge is 0.123 e. The van der Waals surface area contributed by atoms with Gasteiger partial charge in [-0.3, -0.25) is 0 Å². The standard InChI is InChI=1S/C22H29ClO/c1-6-8-9-11-19(5)24-22-15-13-20(16-18(22)4)17(3)12-14-21(23)10-7-2/h6,8-17,19H,7H2,1-5H3/b8-6-,11-9-,14-12-,21-10+. The van der Waals surface area contributed by atoms with Crippen LogP contribution in [0.1, 0.15) is 51.2 Å². The summed E-state index contributed by atoms with van der Waals surface area (Å²) in [5.74, 6) is 1.24. The number of hydrogen-bond donors (Lipinski definition) is 0. The summed E-state index contributed by atoms with van der Waals surface area (Å²) >= 11 is 6.12. The summed E-state index contributed by atoms with van der Waals surface area (Å²) in [7, 11) is 0. The van der Waals surface area contributed by atoms with Gasteiger partial charge in [0.05, 0.1) is 0 Å². The second kappa shape index (κ2) is 10.9. The summed E-state index contributed by atoms with van der Waals surface area (Å²) < 4.78 is 5.99. The number of allylic oxidation sites excluding steroid dienone is 7. The van der Waals surface area contributed by atoms with Crippen molar-refractivity contribution in [2.45, 2.75) is 53.1 Å². The molecule has 1 rings (SSSR count). The molecule has 0 N–H and O–H groups in total. The lowest BCUT2D eigenvalue weighted by atomic mass is 9.98. The van der Waals surface area contributed by atoms with Gasteiger partial charge < -0.3 is 4.74 Å². The van der Waals surface area contributed by atoms with E-state index in [1.807, 2.05) is 50.3 Å². The van der Waals surface area contributed by atoms with E-state index in [2.05, 4.69) is 45.0 Å². The number of halogens is 1. The van der Waals surface area contributed by atoms with Crippen LogP contribution >= 0.6 is 11.6 Å². The number of aryl methyl sites for hydroxylation is 1. The Hall–Kier alpha value is -1.73. The summed E-state index contributed by atoms with van der Waals surface area (Å²) in [5.41, 5.74) is 2.41. The van der Waals surface area contributed by atoms with E-state index < -0.39 is 0 Å². The van der Waals surface area contributed by atoms with Crippen molar-refractivity contribution >= 4 is 11.6 Å². The Morgan fingerprint density at radius 3 is 2.58 bits per heavy atom. The second-order valence-electron chi connectivity index (χ2n) is 5.90. The van der Waals surface area contributed by atoms with E-state index in [-0.39, 0.29) is 6.10 Å². The molecule has 1 aromatic rings. The van der Waals surface area contributed by atoms with Crippen LogP contribution in [0.25, 0.3) is 0 Å². The quantitative estimate of drug-likeness (QED) is 0.457. The fourth-order valence-electron chi connectivity index (χ4n) is 2.27. The Morgan fingerprint density at radius 2 is 1.96 bits per heavy atom. The fraction of sp³-hybridized carbons (Fsp3) is 0.364. The molecular weight excluding hydrogens is 316 g/mol. The van der Waals surface area contributed by atoms with E-state index in [1.54, 1.807) is 0 Å². The Bertz CT molecular complexity index is 623. The molecule has 0 bridgehead atoms. The summed E-state index contributed by atoms with van der Waals surface area (Å²) in [4.78, 5) is 0.